The Hall–Kier alpha value is -3.35. The van der Waals surface area contributed by atoms with E-state index in [1.807, 2.05) is 59.5 Å². The number of benzene rings is 2. The summed E-state index contributed by atoms with van der Waals surface area (Å²) in [6.07, 6.45) is 2.80. The Bertz CT molecular complexity index is 956. The summed E-state index contributed by atoms with van der Waals surface area (Å²) in [4.78, 5) is 19.0. The Morgan fingerprint density at radius 3 is 2.77 bits per heavy atom. The minimum atomic E-state index is -0.0972. The highest BCUT2D eigenvalue weighted by Gasteiger charge is 2.28. The van der Waals surface area contributed by atoms with Gasteiger partial charge in [0.15, 0.2) is 12.4 Å². The molecule has 2 aromatic carbocycles. The lowest BCUT2D eigenvalue weighted by atomic mass is 9.97. The van der Waals surface area contributed by atoms with E-state index in [0.29, 0.717) is 18.3 Å². The van der Waals surface area contributed by atoms with Gasteiger partial charge in [0.25, 0.3) is 5.89 Å². The van der Waals surface area contributed by atoms with E-state index >= 15 is 0 Å². The number of piperidine rings is 1. The van der Waals surface area contributed by atoms with Gasteiger partial charge in [-0.2, -0.15) is 4.98 Å². The number of carbonyl (C=O) groups excluding carboxylic acids is 1. The van der Waals surface area contributed by atoms with Gasteiger partial charge in [-0.1, -0.05) is 42.4 Å². The zero-order valence-corrected chi connectivity index (χ0v) is 17.1. The second-order valence-electron chi connectivity index (χ2n) is 7.41. The molecule has 4 rings (SSSR count). The van der Waals surface area contributed by atoms with E-state index in [9.17, 15) is 4.79 Å². The fourth-order valence-corrected chi connectivity index (χ4v) is 3.55. The van der Waals surface area contributed by atoms with Crippen molar-refractivity contribution < 1.29 is 14.1 Å². The highest BCUT2D eigenvalue weighted by atomic mass is 16.5. The number of urea groups is 1. The number of likely N-dealkylation sites (tertiary alicyclic amines) is 1. The first-order chi connectivity index (χ1) is 14.7. The molecule has 3 aromatic rings. The normalized spacial score (nSPS) is 16.3. The highest BCUT2D eigenvalue weighted by molar-refractivity contribution is 5.89. The molecule has 0 radical (unpaired) electrons. The maximum atomic E-state index is 12.7. The first-order valence-electron chi connectivity index (χ1n) is 10.4. The van der Waals surface area contributed by atoms with Crippen molar-refractivity contribution in [1.82, 2.24) is 15.0 Å². The van der Waals surface area contributed by atoms with Crippen molar-refractivity contribution in [2.75, 3.05) is 18.4 Å². The van der Waals surface area contributed by atoms with Crippen molar-refractivity contribution in [3.8, 4) is 5.75 Å². The number of rotatable bonds is 6. The average molecular weight is 406 g/mol. The summed E-state index contributed by atoms with van der Waals surface area (Å²) in [5.41, 5.74) is 2.05. The summed E-state index contributed by atoms with van der Waals surface area (Å²) < 4.78 is 11.0. The standard InChI is InChI=1S/C23H26N4O3/c1-2-17-10-12-19(13-11-17)24-23(28)27-14-6-7-18(15-27)22-25-21(30-26-22)16-29-20-8-4-3-5-9-20/h3-5,8-13,18H,2,6-7,14-16H2,1H3,(H,24,28). The SMILES string of the molecule is CCc1ccc(NC(=O)N2CCCC(c3noc(COc4ccccc4)n3)C2)cc1. The van der Waals surface area contributed by atoms with E-state index in [4.69, 9.17) is 9.26 Å². The molecule has 0 spiro atoms. The van der Waals surface area contributed by atoms with E-state index in [1.165, 1.54) is 5.56 Å². The summed E-state index contributed by atoms with van der Waals surface area (Å²) >= 11 is 0. The van der Waals surface area contributed by atoms with Crippen LogP contribution in [0.25, 0.3) is 0 Å². The largest absolute Gasteiger partial charge is 0.484 e. The smallest absolute Gasteiger partial charge is 0.321 e. The van der Waals surface area contributed by atoms with Crippen LogP contribution in [-0.2, 0) is 13.0 Å². The fraction of sp³-hybridized carbons (Fsp3) is 0.348. The van der Waals surface area contributed by atoms with Gasteiger partial charge in [-0.05, 0) is 49.1 Å². The number of carbonyl (C=O) groups is 1. The average Bonchev–Trinajstić information content (AvgIpc) is 3.28. The zero-order valence-electron chi connectivity index (χ0n) is 17.1. The van der Waals surface area contributed by atoms with E-state index in [1.54, 1.807) is 0 Å². The van der Waals surface area contributed by atoms with Gasteiger partial charge in [-0.25, -0.2) is 4.79 Å². The fourth-order valence-electron chi connectivity index (χ4n) is 3.55. The summed E-state index contributed by atoms with van der Waals surface area (Å²) in [7, 11) is 0. The predicted octanol–water partition coefficient (Wildman–Crippen LogP) is 4.62. The van der Waals surface area contributed by atoms with Crippen LogP contribution in [0.15, 0.2) is 59.1 Å². The van der Waals surface area contributed by atoms with Crippen molar-refractivity contribution >= 4 is 11.7 Å². The maximum absolute atomic E-state index is 12.7. The molecule has 1 fully saturated rings. The van der Waals surface area contributed by atoms with Crippen molar-refractivity contribution in [3.63, 3.8) is 0 Å². The molecule has 2 amide bonds. The third kappa shape index (κ3) is 4.97. The lowest BCUT2D eigenvalue weighted by Crippen LogP contribution is -2.41. The van der Waals surface area contributed by atoms with Crippen LogP contribution in [-0.4, -0.2) is 34.2 Å². The van der Waals surface area contributed by atoms with E-state index < -0.39 is 0 Å². The third-order valence-corrected chi connectivity index (χ3v) is 5.28. The monoisotopic (exact) mass is 406 g/mol. The Balaban J connectivity index is 1.33. The summed E-state index contributed by atoms with van der Waals surface area (Å²) in [6, 6.07) is 17.4. The van der Waals surface area contributed by atoms with Crippen molar-refractivity contribution in [1.29, 1.82) is 0 Å². The van der Waals surface area contributed by atoms with Gasteiger partial charge in [0.05, 0.1) is 0 Å². The van der Waals surface area contributed by atoms with Crippen molar-refractivity contribution in [2.24, 2.45) is 0 Å². The number of nitrogens with zero attached hydrogens (tertiary/aromatic N) is 3. The minimum absolute atomic E-state index is 0.0567. The van der Waals surface area contributed by atoms with Crippen molar-refractivity contribution in [2.45, 2.75) is 38.7 Å². The first-order valence-corrected chi connectivity index (χ1v) is 10.4. The molecule has 7 nitrogen and oxygen atoms in total. The molecule has 1 aliphatic rings. The molecule has 1 saturated heterocycles. The van der Waals surface area contributed by atoms with Crippen LogP contribution in [0.5, 0.6) is 5.75 Å². The first kappa shape index (κ1) is 19.9. The molecule has 2 heterocycles. The molecule has 1 N–H and O–H groups in total. The van der Waals surface area contributed by atoms with Crippen LogP contribution in [0.1, 0.15) is 43.0 Å². The van der Waals surface area contributed by atoms with Crippen LogP contribution in [0.2, 0.25) is 0 Å². The molecule has 0 saturated carbocycles. The molecule has 1 aliphatic heterocycles. The van der Waals surface area contributed by atoms with E-state index in [-0.39, 0.29) is 18.6 Å². The lowest BCUT2D eigenvalue weighted by molar-refractivity contribution is 0.190. The second kappa shape index (κ2) is 9.43. The highest BCUT2D eigenvalue weighted by Crippen LogP contribution is 2.26. The Kier molecular flexibility index (Phi) is 6.27. The van der Waals surface area contributed by atoms with Gasteiger partial charge in [0.1, 0.15) is 5.75 Å². The third-order valence-electron chi connectivity index (χ3n) is 5.28. The lowest BCUT2D eigenvalue weighted by Gasteiger charge is -2.31. The molecule has 1 unspecified atom stereocenters. The van der Waals surface area contributed by atoms with Crippen LogP contribution in [0.4, 0.5) is 10.5 Å². The molecule has 0 aliphatic carbocycles. The van der Waals surface area contributed by atoms with Gasteiger partial charge < -0.3 is 19.5 Å². The van der Waals surface area contributed by atoms with Gasteiger partial charge in [-0.15, -0.1) is 0 Å². The number of para-hydroxylation sites is 1. The number of anilines is 1. The van der Waals surface area contributed by atoms with Gasteiger partial charge >= 0.3 is 6.03 Å². The Labute approximate surface area is 176 Å². The van der Waals surface area contributed by atoms with Crippen molar-refractivity contribution in [3.05, 3.63) is 71.9 Å². The maximum Gasteiger partial charge on any atom is 0.321 e. The molecule has 156 valence electrons. The van der Waals surface area contributed by atoms with E-state index in [0.717, 1.165) is 37.2 Å². The number of ether oxygens (including phenoxy) is 1. The number of hydrogen-bond donors (Lipinski definition) is 1. The predicted molar refractivity (Wildman–Crippen MR) is 113 cm³/mol. The molecular weight excluding hydrogens is 380 g/mol. The number of nitrogens with one attached hydrogen (secondary N) is 1. The van der Waals surface area contributed by atoms with Crippen LogP contribution >= 0.6 is 0 Å². The van der Waals surface area contributed by atoms with Gasteiger partial charge in [0, 0.05) is 24.7 Å². The van der Waals surface area contributed by atoms with Crippen LogP contribution in [0, 0.1) is 0 Å². The molecular formula is C23H26N4O3. The zero-order chi connectivity index (χ0) is 20.8. The molecule has 0 bridgehead atoms. The van der Waals surface area contributed by atoms with E-state index in [2.05, 4.69) is 22.4 Å². The quantitative estimate of drug-likeness (QED) is 0.646. The molecule has 1 atom stereocenters. The summed E-state index contributed by atoms with van der Waals surface area (Å²) in [5.74, 6) is 1.88. The Morgan fingerprint density at radius 2 is 2.00 bits per heavy atom. The van der Waals surface area contributed by atoms with Gasteiger partial charge in [0.2, 0.25) is 0 Å². The number of aromatic nitrogens is 2. The van der Waals surface area contributed by atoms with Gasteiger partial charge in [-0.3, -0.25) is 0 Å². The van der Waals surface area contributed by atoms with Crippen LogP contribution < -0.4 is 10.1 Å². The molecule has 30 heavy (non-hydrogen) atoms. The summed E-state index contributed by atoms with van der Waals surface area (Å²) in [5, 5.41) is 7.11. The number of amides is 2. The topological polar surface area (TPSA) is 80.5 Å². The number of aryl methyl sites for hydroxylation is 1. The Morgan fingerprint density at radius 1 is 1.20 bits per heavy atom. The second-order valence-corrected chi connectivity index (χ2v) is 7.41. The molecule has 7 heteroatoms. The number of hydrogen-bond acceptors (Lipinski definition) is 5. The van der Waals surface area contributed by atoms with Crippen LogP contribution in [0.3, 0.4) is 0 Å². The minimum Gasteiger partial charge on any atom is -0.484 e. The molecule has 1 aromatic heterocycles. The summed E-state index contributed by atoms with van der Waals surface area (Å²) in [6.45, 7) is 3.62.